The van der Waals surface area contributed by atoms with Crippen molar-refractivity contribution in [2.75, 3.05) is 50.7 Å². The number of imidazole rings is 1. The molecule has 0 spiro atoms. The van der Waals surface area contributed by atoms with Gasteiger partial charge in [-0.05, 0) is 85.9 Å². The predicted octanol–water partition coefficient (Wildman–Crippen LogP) is 4.49. The monoisotopic (exact) mass is 519 g/mol. The number of nitrogens with one attached hydrogen (secondary N) is 3. The molecular weight excluding hydrogens is 478 g/mol. The molecule has 1 saturated carbocycles. The highest BCUT2D eigenvalue weighted by Crippen LogP contribution is 2.29. The van der Waals surface area contributed by atoms with Crippen LogP contribution in [0.4, 0.5) is 23.1 Å². The number of carbonyl (C=O) groups is 1. The second-order valence-corrected chi connectivity index (χ2v) is 10.8. The van der Waals surface area contributed by atoms with E-state index in [0.717, 1.165) is 37.0 Å². The zero-order chi connectivity index (χ0) is 27.2. The van der Waals surface area contributed by atoms with Crippen LogP contribution in [-0.4, -0.2) is 82.0 Å². The molecular formula is C28H41N9O. The number of likely N-dealkylation sites (N-methyl/N-ethyl adjacent to an activating group) is 1. The van der Waals surface area contributed by atoms with Crippen molar-refractivity contribution < 1.29 is 4.79 Å². The van der Waals surface area contributed by atoms with E-state index < -0.39 is 0 Å². The van der Waals surface area contributed by atoms with Gasteiger partial charge in [-0.25, -0.2) is 4.98 Å². The topological polar surface area (TPSA) is 103 Å². The third-order valence-corrected chi connectivity index (χ3v) is 6.87. The smallest absolute Gasteiger partial charge is 0.248 e. The van der Waals surface area contributed by atoms with Gasteiger partial charge in [0, 0.05) is 42.1 Å². The summed E-state index contributed by atoms with van der Waals surface area (Å²) in [6.45, 7) is 4.94. The molecule has 10 heteroatoms. The number of nitrogens with zero attached hydrogens (tertiary/aromatic N) is 6. The summed E-state index contributed by atoms with van der Waals surface area (Å²) < 4.78 is 2.06. The van der Waals surface area contributed by atoms with Gasteiger partial charge < -0.3 is 30.3 Å². The van der Waals surface area contributed by atoms with E-state index in [-0.39, 0.29) is 11.9 Å². The molecule has 1 aliphatic rings. The molecule has 10 nitrogen and oxygen atoms in total. The molecule has 0 bridgehead atoms. The molecule has 1 aromatic carbocycles. The summed E-state index contributed by atoms with van der Waals surface area (Å²) in [4.78, 5) is 31.0. The van der Waals surface area contributed by atoms with Gasteiger partial charge in [-0.1, -0.05) is 12.1 Å². The summed E-state index contributed by atoms with van der Waals surface area (Å²) in [6, 6.07) is 8.78. The normalized spacial score (nSPS) is 18.1. The number of fused-ring (bicyclic) bond motifs is 1. The molecule has 0 saturated heterocycles. The molecule has 2 aromatic heterocycles. The van der Waals surface area contributed by atoms with E-state index in [4.69, 9.17) is 9.97 Å². The Morgan fingerprint density at radius 1 is 1.11 bits per heavy atom. The van der Waals surface area contributed by atoms with Gasteiger partial charge in [-0.15, -0.1) is 0 Å². The number of aromatic nitrogens is 4. The first-order valence-electron chi connectivity index (χ1n) is 13.4. The maximum atomic E-state index is 12.3. The molecule has 1 fully saturated rings. The first-order chi connectivity index (χ1) is 18.2. The second kappa shape index (κ2) is 12.4. The minimum absolute atomic E-state index is 0.167. The van der Waals surface area contributed by atoms with Crippen LogP contribution in [0.3, 0.4) is 0 Å². The molecule has 3 aromatic rings. The number of benzene rings is 1. The summed E-state index contributed by atoms with van der Waals surface area (Å²) in [5.74, 6) is 1.07. The summed E-state index contributed by atoms with van der Waals surface area (Å²) in [5, 5.41) is 9.93. The van der Waals surface area contributed by atoms with Crippen molar-refractivity contribution in [3.8, 4) is 0 Å². The summed E-state index contributed by atoms with van der Waals surface area (Å²) in [6.07, 6.45) is 9.69. The maximum absolute atomic E-state index is 12.3. The molecule has 2 heterocycles. The molecule has 0 radical (unpaired) electrons. The molecule has 0 atom stereocenters. The van der Waals surface area contributed by atoms with E-state index in [1.54, 1.807) is 6.08 Å². The van der Waals surface area contributed by atoms with Gasteiger partial charge >= 0.3 is 0 Å². The van der Waals surface area contributed by atoms with E-state index in [0.29, 0.717) is 41.6 Å². The lowest BCUT2D eigenvalue weighted by atomic mass is 9.91. The van der Waals surface area contributed by atoms with Crippen LogP contribution in [0.5, 0.6) is 0 Å². The third-order valence-electron chi connectivity index (χ3n) is 6.87. The minimum Gasteiger partial charge on any atom is -0.351 e. The van der Waals surface area contributed by atoms with Crippen LogP contribution in [0.25, 0.3) is 11.2 Å². The summed E-state index contributed by atoms with van der Waals surface area (Å²) >= 11 is 0. The van der Waals surface area contributed by atoms with Crippen molar-refractivity contribution in [3.63, 3.8) is 0 Å². The zero-order valence-corrected chi connectivity index (χ0v) is 23.4. The number of carbonyl (C=O) groups excluding carboxylic acids is 1. The molecule has 0 aliphatic heterocycles. The fourth-order valence-electron chi connectivity index (χ4n) is 4.73. The molecule has 38 heavy (non-hydrogen) atoms. The lowest BCUT2D eigenvalue weighted by molar-refractivity contribution is -0.111. The minimum atomic E-state index is -0.167. The van der Waals surface area contributed by atoms with Crippen LogP contribution >= 0.6 is 0 Å². The second-order valence-electron chi connectivity index (χ2n) is 10.8. The third kappa shape index (κ3) is 7.08. The average molecular weight is 520 g/mol. The summed E-state index contributed by atoms with van der Waals surface area (Å²) in [7, 11) is 8.23. The average Bonchev–Trinajstić information content (AvgIpc) is 3.29. The zero-order valence-electron chi connectivity index (χ0n) is 23.4. The molecule has 1 aliphatic carbocycles. The van der Waals surface area contributed by atoms with Crippen molar-refractivity contribution in [2.45, 2.75) is 57.7 Å². The lowest BCUT2D eigenvalue weighted by Gasteiger charge is -2.33. The number of hydrogen-bond acceptors (Lipinski definition) is 8. The van der Waals surface area contributed by atoms with Crippen LogP contribution < -0.4 is 16.0 Å². The Balaban J connectivity index is 1.55. The van der Waals surface area contributed by atoms with Crippen molar-refractivity contribution in [2.24, 2.45) is 0 Å². The fourth-order valence-corrected chi connectivity index (χ4v) is 4.73. The highest BCUT2D eigenvalue weighted by Gasteiger charge is 2.24. The fraction of sp³-hybridized carbons (Fsp3) is 0.500. The van der Waals surface area contributed by atoms with Crippen molar-refractivity contribution in [1.82, 2.24) is 29.3 Å². The van der Waals surface area contributed by atoms with Gasteiger partial charge in [-0.2, -0.15) is 9.97 Å². The SMILES string of the molecule is CC(C)n1cnc2c(Nc3cccc(NC(=O)/C=C/CN(C)C)c3)nc(N[C@H]3CC[C@H](N(C)C)CC3)nc21. The van der Waals surface area contributed by atoms with E-state index in [2.05, 4.69) is 58.3 Å². The Kier molecular flexibility index (Phi) is 8.96. The first-order valence-corrected chi connectivity index (χ1v) is 13.4. The van der Waals surface area contributed by atoms with Crippen LogP contribution in [0.1, 0.15) is 45.6 Å². The van der Waals surface area contributed by atoms with Gasteiger partial charge in [0.2, 0.25) is 11.9 Å². The van der Waals surface area contributed by atoms with Crippen molar-refractivity contribution in [1.29, 1.82) is 0 Å². The van der Waals surface area contributed by atoms with E-state index >= 15 is 0 Å². The van der Waals surface area contributed by atoms with Gasteiger partial charge in [0.05, 0.1) is 6.33 Å². The quantitative estimate of drug-likeness (QED) is 0.337. The largest absolute Gasteiger partial charge is 0.351 e. The van der Waals surface area contributed by atoms with Gasteiger partial charge in [0.25, 0.3) is 0 Å². The molecule has 1 amide bonds. The van der Waals surface area contributed by atoms with Gasteiger partial charge in [-0.3, -0.25) is 4.79 Å². The van der Waals surface area contributed by atoms with E-state index in [1.165, 1.54) is 0 Å². The lowest BCUT2D eigenvalue weighted by Crippen LogP contribution is -2.36. The highest BCUT2D eigenvalue weighted by molar-refractivity contribution is 5.99. The molecule has 204 valence electrons. The van der Waals surface area contributed by atoms with Crippen LogP contribution in [0, 0.1) is 0 Å². The Morgan fingerprint density at radius 2 is 1.84 bits per heavy atom. The van der Waals surface area contributed by atoms with E-state index in [9.17, 15) is 4.79 Å². The number of amides is 1. The number of rotatable bonds is 10. The number of hydrogen-bond donors (Lipinski definition) is 3. The molecule has 0 unspecified atom stereocenters. The van der Waals surface area contributed by atoms with Crippen LogP contribution in [0.15, 0.2) is 42.7 Å². The van der Waals surface area contributed by atoms with E-state index in [1.807, 2.05) is 55.7 Å². The number of anilines is 4. The predicted molar refractivity (Wildman–Crippen MR) is 155 cm³/mol. The maximum Gasteiger partial charge on any atom is 0.248 e. The Morgan fingerprint density at radius 3 is 2.53 bits per heavy atom. The Labute approximate surface area is 225 Å². The molecule has 3 N–H and O–H groups in total. The Hall–Kier alpha value is -3.50. The van der Waals surface area contributed by atoms with Crippen molar-refractivity contribution in [3.05, 3.63) is 42.7 Å². The van der Waals surface area contributed by atoms with Crippen LogP contribution in [-0.2, 0) is 4.79 Å². The standard InChI is InChI=1S/C28H41N9O/c1-19(2)37-18-29-25-26(31-22-10-7-9-21(17-22)30-24(38)11-8-16-35(3)4)33-28(34-27(25)37)32-20-12-14-23(15-13-20)36(5)6/h7-11,17-20,23H,12-16H2,1-6H3,(H,30,38)(H2,31,32,33,34)/b11-8+/t20-,23-. The van der Waals surface area contributed by atoms with Crippen LogP contribution in [0.2, 0.25) is 0 Å². The highest BCUT2D eigenvalue weighted by atomic mass is 16.1. The van der Waals surface area contributed by atoms with Crippen molar-refractivity contribution >= 4 is 40.2 Å². The Bertz CT molecular complexity index is 1260. The van der Waals surface area contributed by atoms with Gasteiger partial charge in [0.15, 0.2) is 17.0 Å². The first kappa shape index (κ1) is 27.5. The summed E-state index contributed by atoms with van der Waals surface area (Å²) in [5.41, 5.74) is 3.00. The molecule has 4 rings (SSSR count). The van der Waals surface area contributed by atoms with Gasteiger partial charge in [0.1, 0.15) is 0 Å².